The van der Waals surface area contributed by atoms with E-state index in [4.69, 9.17) is 5.73 Å². The van der Waals surface area contributed by atoms with Crippen LogP contribution in [0.2, 0.25) is 0 Å². The van der Waals surface area contributed by atoms with Crippen LogP contribution in [0.5, 0.6) is 0 Å². The van der Waals surface area contributed by atoms with Crippen LogP contribution in [-0.2, 0) is 5.54 Å². The van der Waals surface area contributed by atoms with E-state index in [0.717, 1.165) is 0 Å². The van der Waals surface area contributed by atoms with Gasteiger partial charge in [0.05, 0.1) is 19.5 Å². The molecule has 0 aromatic carbocycles. The standard InChI is InChI=1S/C12H15N5O4/c13-10-7-11(15-4-14-10)17(5-16-7)12(3-19)1-6(2-18)8(20)9(12)21/h1,4-5,8-9,18-21H,2-3H2,(H2,13,14,15). The third kappa shape index (κ3) is 1.75. The normalized spacial score (nSPS) is 29.0. The van der Waals surface area contributed by atoms with E-state index in [0.29, 0.717) is 11.2 Å². The first-order valence-corrected chi connectivity index (χ1v) is 6.28. The summed E-state index contributed by atoms with van der Waals surface area (Å²) in [6.45, 7) is -0.937. The minimum Gasteiger partial charge on any atom is -0.393 e. The van der Waals surface area contributed by atoms with Gasteiger partial charge in [0.2, 0.25) is 0 Å². The summed E-state index contributed by atoms with van der Waals surface area (Å²) in [6.07, 6.45) is 1.41. The molecule has 6 N–H and O–H groups in total. The van der Waals surface area contributed by atoms with Crippen LogP contribution >= 0.6 is 0 Å². The van der Waals surface area contributed by atoms with Gasteiger partial charge in [0.25, 0.3) is 0 Å². The average molecular weight is 293 g/mol. The Morgan fingerprint density at radius 3 is 2.62 bits per heavy atom. The molecular weight excluding hydrogens is 278 g/mol. The number of aliphatic hydroxyl groups excluding tert-OH is 4. The van der Waals surface area contributed by atoms with Crippen LogP contribution in [0.25, 0.3) is 11.2 Å². The highest BCUT2D eigenvalue weighted by Gasteiger charge is 2.49. The van der Waals surface area contributed by atoms with Gasteiger partial charge in [-0.15, -0.1) is 0 Å². The van der Waals surface area contributed by atoms with E-state index < -0.39 is 31.0 Å². The number of fused-ring (bicyclic) bond motifs is 1. The van der Waals surface area contributed by atoms with Crippen molar-refractivity contribution in [1.82, 2.24) is 19.5 Å². The molecule has 112 valence electrons. The Bertz CT molecular complexity index is 715. The Hall–Kier alpha value is -2.07. The summed E-state index contributed by atoms with van der Waals surface area (Å²) in [4.78, 5) is 12.0. The van der Waals surface area contributed by atoms with Crippen molar-refractivity contribution < 1.29 is 20.4 Å². The van der Waals surface area contributed by atoms with Crippen LogP contribution < -0.4 is 5.73 Å². The predicted molar refractivity (Wildman–Crippen MR) is 72.0 cm³/mol. The second-order valence-corrected chi connectivity index (χ2v) is 4.96. The van der Waals surface area contributed by atoms with Gasteiger partial charge in [-0.2, -0.15) is 0 Å². The highest BCUT2D eigenvalue weighted by atomic mass is 16.3. The van der Waals surface area contributed by atoms with Gasteiger partial charge >= 0.3 is 0 Å². The van der Waals surface area contributed by atoms with Crippen molar-refractivity contribution in [2.45, 2.75) is 17.7 Å². The van der Waals surface area contributed by atoms with E-state index >= 15 is 0 Å². The SMILES string of the molecule is Nc1ncnc2c1ncn2C1(CO)C=C(CO)C(O)C1O. The molecule has 3 unspecified atom stereocenters. The zero-order chi connectivity index (χ0) is 15.2. The molecule has 2 heterocycles. The molecule has 0 fully saturated rings. The van der Waals surface area contributed by atoms with Crippen LogP contribution in [-0.4, -0.2) is 65.4 Å². The minimum absolute atomic E-state index is 0.172. The molecule has 0 saturated carbocycles. The molecule has 3 rings (SSSR count). The molecule has 0 bridgehead atoms. The molecule has 2 aromatic rings. The number of hydrogen-bond donors (Lipinski definition) is 5. The fraction of sp³-hybridized carbons (Fsp3) is 0.417. The van der Waals surface area contributed by atoms with E-state index in [1.807, 2.05) is 0 Å². The highest BCUT2D eigenvalue weighted by Crippen LogP contribution is 2.37. The van der Waals surface area contributed by atoms with Gasteiger partial charge in [-0.05, 0) is 11.6 Å². The van der Waals surface area contributed by atoms with E-state index in [2.05, 4.69) is 15.0 Å². The number of anilines is 1. The summed E-state index contributed by atoms with van der Waals surface area (Å²) < 4.78 is 1.43. The topological polar surface area (TPSA) is 151 Å². The number of hydrogen-bond acceptors (Lipinski definition) is 8. The van der Waals surface area contributed by atoms with Crippen LogP contribution in [0, 0.1) is 0 Å². The lowest BCUT2D eigenvalue weighted by molar-refractivity contribution is -0.0288. The van der Waals surface area contributed by atoms with Crippen molar-refractivity contribution in [2.75, 3.05) is 18.9 Å². The molecule has 0 saturated heterocycles. The molecule has 9 nitrogen and oxygen atoms in total. The third-order valence-corrected chi connectivity index (χ3v) is 3.87. The van der Waals surface area contributed by atoms with Crippen molar-refractivity contribution in [2.24, 2.45) is 0 Å². The van der Waals surface area contributed by atoms with Crippen LogP contribution in [0.4, 0.5) is 5.82 Å². The molecule has 3 atom stereocenters. The Morgan fingerprint density at radius 2 is 2.00 bits per heavy atom. The van der Waals surface area contributed by atoms with Gasteiger partial charge in [0.15, 0.2) is 11.5 Å². The zero-order valence-corrected chi connectivity index (χ0v) is 11.0. The maximum Gasteiger partial charge on any atom is 0.166 e. The predicted octanol–water partition coefficient (Wildman–Crippen LogP) is -2.25. The summed E-state index contributed by atoms with van der Waals surface area (Å²) in [5.41, 5.74) is 5.22. The monoisotopic (exact) mass is 293 g/mol. The Morgan fingerprint density at radius 1 is 1.24 bits per heavy atom. The van der Waals surface area contributed by atoms with Crippen LogP contribution in [0.15, 0.2) is 24.3 Å². The largest absolute Gasteiger partial charge is 0.393 e. The first-order valence-electron chi connectivity index (χ1n) is 6.28. The summed E-state index contributed by atoms with van der Waals surface area (Å²) in [6, 6.07) is 0. The molecule has 2 aromatic heterocycles. The van der Waals surface area contributed by atoms with E-state index in [1.54, 1.807) is 0 Å². The number of nitrogens with zero attached hydrogens (tertiary/aromatic N) is 4. The first kappa shape index (κ1) is 13.9. The maximum atomic E-state index is 10.3. The third-order valence-electron chi connectivity index (χ3n) is 3.87. The van der Waals surface area contributed by atoms with Crippen LogP contribution in [0.3, 0.4) is 0 Å². The number of aliphatic hydroxyl groups is 4. The summed E-state index contributed by atoms with van der Waals surface area (Å²) in [7, 11) is 0. The minimum atomic E-state index is -1.37. The number of imidazole rings is 1. The lowest BCUT2D eigenvalue weighted by Crippen LogP contribution is -2.48. The van der Waals surface area contributed by atoms with E-state index in [9.17, 15) is 20.4 Å². The molecule has 21 heavy (non-hydrogen) atoms. The van der Waals surface area contributed by atoms with Gasteiger partial charge in [-0.25, -0.2) is 15.0 Å². The zero-order valence-electron chi connectivity index (χ0n) is 11.0. The molecule has 0 spiro atoms. The van der Waals surface area contributed by atoms with Crippen molar-refractivity contribution in [1.29, 1.82) is 0 Å². The Kier molecular flexibility index (Phi) is 3.14. The summed E-state index contributed by atoms with van der Waals surface area (Å²) in [5, 5.41) is 39.3. The molecule has 0 radical (unpaired) electrons. The Labute approximate surface area is 119 Å². The summed E-state index contributed by atoms with van der Waals surface area (Å²) >= 11 is 0. The molecule has 1 aliphatic rings. The van der Waals surface area contributed by atoms with Crippen LogP contribution in [0.1, 0.15) is 0 Å². The Balaban J connectivity index is 2.24. The second kappa shape index (κ2) is 4.74. The fourth-order valence-corrected chi connectivity index (χ4v) is 2.69. The van der Waals surface area contributed by atoms with Gasteiger partial charge in [0.1, 0.15) is 29.6 Å². The van der Waals surface area contributed by atoms with Gasteiger partial charge in [-0.3, -0.25) is 0 Å². The molecule has 0 aliphatic heterocycles. The van der Waals surface area contributed by atoms with Crippen molar-refractivity contribution >= 4 is 17.0 Å². The molecule has 1 aliphatic carbocycles. The molecular formula is C12H15N5O4. The number of nitrogen functional groups attached to an aromatic ring is 1. The van der Waals surface area contributed by atoms with Crippen molar-refractivity contribution in [3.8, 4) is 0 Å². The number of nitrogens with two attached hydrogens (primary N) is 1. The quantitative estimate of drug-likeness (QED) is 0.398. The molecule has 0 amide bonds. The maximum absolute atomic E-state index is 10.3. The van der Waals surface area contributed by atoms with Gasteiger partial charge < -0.3 is 30.7 Å². The fourth-order valence-electron chi connectivity index (χ4n) is 2.69. The van der Waals surface area contributed by atoms with Crippen molar-refractivity contribution in [3.63, 3.8) is 0 Å². The summed E-state index contributed by atoms with van der Waals surface area (Å²) in [5.74, 6) is 0.172. The number of aromatic nitrogens is 4. The van der Waals surface area contributed by atoms with E-state index in [-0.39, 0.29) is 11.4 Å². The smallest absolute Gasteiger partial charge is 0.166 e. The lowest BCUT2D eigenvalue weighted by atomic mass is 9.95. The second-order valence-electron chi connectivity index (χ2n) is 4.96. The average Bonchev–Trinajstić information content (AvgIpc) is 3.03. The lowest BCUT2D eigenvalue weighted by Gasteiger charge is -2.32. The highest BCUT2D eigenvalue weighted by molar-refractivity contribution is 5.81. The number of rotatable bonds is 3. The first-order chi connectivity index (χ1) is 10.0. The van der Waals surface area contributed by atoms with Gasteiger partial charge in [-0.1, -0.05) is 0 Å². The molecule has 9 heteroatoms. The van der Waals surface area contributed by atoms with E-state index in [1.165, 1.54) is 23.3 Å². The van der Waals surface area contributed by atoms with Gasteiger partial charge in [0, 0.05) is 0 Å². The van der Waals surface area contributed by atoms with Crippen molar-refractivity contribution in [3.05, 3.63) is 24.3 Å².